The van der Waals surface area contributed by atoms with Crippen molar-refractivity contribution in [3.05, 3.63) is 95.1 Å². The fraction of sp³-hybridized carbons (Fsp3) is 0.250. The van der Waals surface area contributed by atoms with E-state index >= 15 is 0 Å². The van der Waals surface area contributed by atoms with Crippen LogP contribution in [0.2, 0.25) is 0 Å². The van der Waals surface area contributed by atoms with Crippen LogP contribution in [0.4, 0.5) is 20.2 Å². The third kappa shape index (κ3) is 5.75. The molecule has 0 aromatic heterocycles. The maximum absolute atomic E-state index is 13.9. The number of halogens is 2. The second-order valence-corrected chi connectivity index (χ2v) is 8.72. The number of hydrogen-bond acceptors (Lipinski definition) is 5. The maximum Gasteiger partial charge on any atom is 0.196 e. The summed E-state index contributed by atoms with van der Waals surface area (Å²) in [7, 11) is 1.52. The Bertz CT molecular complexity index is 1220. The molecule has 3 N–H and O–H groups in total. The van der Waals surface area contributed by atoms with E-state index in [9.17, 15) is 18.7 Å². The molecule has 0 aliphatic carbocycles. The van der Waals surface area contributed by atoms with Crippen molar-refractivity contribution in [2.45, 2.75) is 12.8 Å². The van der Waals surface area contributed by atoms with Gasteiger partial charge in [0.05, 0.1) is 25.0 Å². The van der Waals surface area contributed by atoms with Crippen LogP contribution in [-0.2, 0) is 0 Å². The van der Waals surface area contributed by atoms with Gasteiger partial charge in [0, 0.05) is 22.7 Å². The lowest BCUT2D eigenvalue weighted by Crippen LogP contribution is -2.37. The second kappa shape index (κ2) is 10.8. The van der Waals surface area contributed by atoms with Gasteiger partial charge in [0.15, 0.2) is 5.78 Å². The van der Waals surface area contributed by atoms with E-state index in [1.165, 1.54) is 19.2 Å². The molecule has 0 unspecified atom stereocenters. The largest absolute Gasteiger partial charge is 0.496 e. The van der Waals surface area contributed by atoms with Crippen molar-refractivity contribution in [2.75, 3.05) is 32.1 Å². The first-order valence-corrected chi connectivity index (χ1v) is 11.5. The maximum atomic E-state index is 13.9. The van der Waals surface area contributed by atoms with Crippen LogP contribution in [-0.4, -0.2) is 37.7 Å². The van der Waals surface area contributed by atoms with Crippen molar-refractivity contribution in [1.29, 1.82) is 0 Å². The topological polar surface area (TPSA) is 70.6 Å². The van der Waals surface area contributed by atoms with E-state index in [4.69, 9.17) is 4.74 Å². The summed E-state index contributed by atoms with van der Waals surface area (Å²) in [5.74, 6) is -1.11. The van der Waals surface area contributed by atoms with Crippen molar-refractivity contribution >= 4 is 23.2 Å². The van der Waals surface area contributed by atoms with Crippen LogP contribution in [0, 0.1) is 17.0 Å². The van der Waals surface area contributed by atoms with E-state index in [2.05, 4.69) is 10.6 Å². The van der Waals surface area contributed by atoms with Crippen molar-refractivity contribution in [3.63, 3.8) is 0 Å². The summed E-state index contributed by atoms with van der Waals surface area (Å²) >= 11 is 0. The van der Waals surface area contributed by atoms with Crippen LogP contribution in [0.3, 0.4) is 0 Å². The van der Waals surface area contributed by atoms with Gasteiger partial charge in [-0.15, -0.1) is 0 Å². The minimum Gasteiger partial charge on any atom is -0.496 e. The average molecular weight is 479 g/mol. The van der Waals surface area contributed by atoms with E-state index in [1.54, 1.807) is 36.4 Å². The molecule has 0 spiro atoms. The second-order valence-electron chi connectivity index (χ2n) is 8.72. The summed E-state index contributed by atoms with van der Waals surface area (Å²) in [4.78, 5) is 13.3. The number of aliphatic hydroxyl groups is 1. The molecule has 1 fully saturated rings. The van der Waals surface area contributed by atoms with Crippen LogP contribution < -0.4 is 15.4 Å². The third-order valence-electron chi connectivity index (χ3n) is 6.37. The number of aliphatic hydroxyl groups excluding tert-OH is 1. The highest BCUT2D eigenvalue weighted by Crippen LogP contribution is 2.32. The van der Waals surface area contributed by atoms with Gasteiger partial charge >= 0.3 is 0 Å². The lowest BCUT2D eigenvalue weighted by molar-refractivity contribution is 0.103. The molecule has 4 rings (SSSR count). The number of ether oxygens (including phenoxy) is 1. The number of piperidine rings is 1. The predicted octanol–water partition coefficient (Wildman–Crippen LogP) is 5.32. The smallest absolute Gasteiger partial charge is 0.196 e. The Balaban J connectivity index is 1.54. The summed E-state index contributed by atoms with van der Waals surface area (Å²) < 4.78 is 32.5. The van der Waals surface area contributed by atoms with E-state index in [0.29, 0.717) is 22.6 Å². The Morgan fingerprint density at radius 2 is 1.83 bits per heavy atom. The van der Waals surface area contributed by atoms with Crippen LogP contribution in [0.25, 0.3) is 6.08 Å². The van der Waals surface area contributed by atoms with Crippen LogP contribution >= 0.6 is 0 Å². The Morgan fingerprint density at radius 1 is 1.09 bits per heavy atom. The molecule has 7 heteroatoms. The van der Waals surface area contributed by atoms with Crippen LogP contribution in [0.15, 0.2) is 66.7 Å². The molecule has 1 heterocycles. The molecule has 1 aliphatic heterocycles. The molecular weight excluding hydrogens is 450 g/mol. The quantitative estimate of drug-likeness (QED) is 0.382. The Morgan fingerprint density at radius 3 is 2.49 bits per heavy atom. The fourth-order valence-corrected chi connectivity index (χ4v) is 4.19. The van der Waals surface area contributed by atoms with Crippen LogP contribution in [0.5, 0.6) is 5.75 Å². The highest BCUT2D eigenvalue weighted by Gasteiger charge is 2.28. The molecule has 0 radical (unpaired) electrons. The number of ketones is 1. The summed E-state index contributed by atoms with van der Waals surface area (Å²) in [6.45, 7) is 1.79. The van der Waals surface area contributed by atoms with E-state index in [-0.39, 0.29) is 23.5 Å². The van der Waals surface area contributed by atoms with Gasteiger partial charge in [0.2, 0.25) is 0 Å². The fourth-order valence-electron chi connectivity index (χ4n) is 4.19. The first-order chi connectivity index (χ1) is 16.9. The molecule has 182 valence electrons. The molecule has 0 amide bonds. The number of carbonyl (C=O) groups is 1. The molecule has 35 heavy (non-hydrogen) atoms. The third-order valence-corrected chi connectivity index (χ3v) is 6.37. The minimum absolute atomic E-state index is 0.0787. The first kappa shape index (κ1) is 24.6. The van der Waals surface area contributed by atoms with Gasteiger partial charge in [0.1, 0.15) is 17.4 Å². The Kier molecular flexibility index (Phi) is 7.58. The number of benzene rings is 3. The number of rotatable bonds is 8. The van der Waals surface area contributed by atoms with Gasteiger partial charge in [-0.3, -0.25) is 4.79 Å². The zero-order chi connectivity index (χ0) is 24.8. The van der Waals surface area contributed by atoms with Gasteiger partial charge in [-0.2, -0.15) is 0 Å². The predicted molar refractivity (Wildman–Crippen MR) is 133 cm³/mol. The van der Waals surface area contributed by atoms with Gasteiger partial charge in [0.25, 0.3) is 0 Å². The number of nitrogens with one attached hydrogen (secondary N) is 2. The molecule has 0 atom stereocenters. The molecule has 0 bridgehead atoms. The van der Waals surface area contributed by atoms with Crippen LogP contribution in [0.1, 0.15) is 34.3 Å². The number of hydrogen-bond donors (Lipinski definition) is 3. The summed E-state index contributed by atoms with van der Waals surface area (Å²) in [6.07, 6.45) is 5.69. The number of methoxy groups -OCH3 is 1. The van der Waals surface area contributed by atoms with E-state index in [1.807, 2.05) is 18.2 Å². The van der Waals surface area contributed by atoms with E-state index < -0.39 is 11.6 Å². The van der Waals surface area contributed by atoms with Crippen molar-refractivity contribution < 1.29 is 23.4 Å². The number of carbonyl (C=O) groups excluding carboxylic acids is 1. The molecule has 5 nitrogen and oxygen atoms in total. The molecule has 1 aliphatic rings. The highest BCUT2D eigenvalue weighted by atomic mass is 19.1. The molecule has 0 saturated carbocycles. The number of anilines is 2. The van der Waals surface area contributed by atoms with E-state index in [0.717, 1.165) is 37.6 Å². The normalized spacial score (nSPS) is 15.2. The van der Waals surface area contributed by atoms with Crippen molar-refractivity contribution in [2.24, 2.45) is 5.41 Å². The zero-order valence-electron chi connectivity index (χ0n) is 19.5. The van der Waals surface area contributed by atoms with Gasteiger partial charge in [-0.05, 0) is 80.0 Å². The lowest BCUT2D eigenvalue weighted by Gasteiger charge is -2.33. The first-order valence-electron chi connectivity index (χ1n) is 11.5. The molecule has 1 saturated heterocycles. The lowest BCUT2D eigenvalue weighted by atomic mass is 9.79. The summed E-state index contributed by atoms with van der Waals surface area (Å²) in [5.41, 5.74) is 2.14. The Hall–Kier alpha value is -3.55. The van der Waals surface area contributed by atoms with Crippen molar-refractivity contribution in [3.8, 4) is 5.75 Å². The zero-order valence-corrected chi connectivity index (χ0v) is 19.5. The average Bonchev–Trinajstić information content (AvgIpc) is 2.89. The summed E-state index contributed by atoms with van der Waals surface area (Å²) in [6, 6.07) is 15.3. The molecule has 3 aromatic carbocycles. The van der Waals surface area contributed by atoms with Gasteiger partial charge in [-0.1, -0.05) is 18.2 Å². The highest BCUT2D eigenvalue weighted by molar-refractivity contribution is 6.11. The van der Waals surface area contributed by atoms with Gasteiger partial charge in [-0.25, -0.2) is 8.78 Å². The van der Waals surface area contributed by atoms with Crippen molar-refractivity contribution in [1.82, 2.24) is 5.32 Å². The SMILES string of the molecule is COc1ccc(C=CC2(CO)CCNCC2)cc1C(=O)c1ccc(Nc2ccc(F)cc2F)cc1. The minimum atomic E-state index is -0.702. The standard InChI is InChI=1S/C28H28F2N2O3/c1-35-26-9-2-19(10-11-28(18-33)12-14-31-15-13-28)16-23(26)27(34)20-3-6-22(7-4-20)32-25-8-5-21(29)17-24(25)30/h2-11,16-17,31-33H,12-15,18H2,1H3. The summed E-state index contributed by atoms with van der Waals surface area (Å²) in [5, 5.41) is 16.1. The monoisotopic (exact) mass is 478 g/mol. The van der Waals surface area contributed by atoms with Gasteiger partial charge < -0.3 is 20.5 Å². The Labute approximate surface area is 203 Å². The molecule has 3 aromatic rings. The molecular formula is C28H28F2N2O3.